The lowest BCUT2D eigenvalue weighted by atomic mass is 9.83. The van der Waals surface area contributed by atoms with Crippen molar-refractivity contribution in [1.29, 1.82) is 5.26 Å². The van der Waals surface area contributed by atoms with E-state index in [0.29, 0.717) is 48.3 Å². The fourth-order valence-electron chi connectivity index (χ4n) is 5.44. The van der Waals surface area contributed by atoms with E-state index >= 15 is 0 Å². The van der Waals surface area contributed by atoms with Gasteiger partial charge in [0.1, 0.15) is 12.6 Å². The highest BCUT2D eigenvalue weighted by Crippen LogP contribution is 2.44. The number of nitrogens with zero attached hydrogens (tertiary/aromatic N) is 7. The third-order valence-corrected chi connectivity index (χ3v) is 13.9. The second-order valence-electron chi connectivity index (χ2n) is 14.1. The van der Waals surface area contributed by atoms with Gasteiger partial charge in [0.25, 0.3) is 6.43 Å². The minimum atomic E-state index is -2.52. The van der Waals surface area contributed by atoms with Crippen molar-refractivity contribution in [2.75, 3.05) is 57.0 Å². The van der Waals surface area contributed by atoms with Gasteiger partial charge in [0, 0.05) is 69.2 Å². The minimum Gasteiger partial charge on any atom is -0.416 e. The second kappa shape index (κ2) is 12.7. The zero-order valence-electron chi connectivity index (χ0n) is 27.4. The van der Waals surface area contributed by atoms with Crippen LogP contribution in [0.15, 0.2) is 30.6 Å². The van der Waals surface area contributed by atoms with Gasteiger partial charge < -0.3 is 20.0 Å². The first-order valence-electron chi connectivity index (χ1n) is 15.5. The van der Waals surface area contributed by atoms with E-state index in [1.165, 1.54) is 4.68 Å². The van der Waals surface area contributed by atoms with Gasteiger partial charge in [-0.25, -0.2) is 18.7 Å². The standard InChI is InChI=1S/C32H45F2N9OSi/c1-31(2,3)45(6,7)44-21-32(4)20-37-29-23(16-35)14-22(15-24(29)32)25-8-9-36-30(38-25)39-26-18-43(19-28(33)34)40-27(26)17-42-12-10-41(5)11-13-42/h8-9,14-15,18,28,37H,10-13,17,19-21H2,1-7H3,(H,36,38,39)/t32-/m1/s1. The summed E-state index contributed by atoms with van der Waals surface area (Å²) in [4.78, 5) is 13.8. The van der Waals surface area contributed by atoms with E-state index in [1.807, 2.05) is 12.1 Å². The molecule has 0 saturated carbocycles. The second-order valence-corrected chi connectivity index (χ2v) is 18.9. The van der Waals surface area contributed by atoms with Crippen LogP contribution in [-0.2, 0) is 22.9 Å². The molecule has 2 aliphatic rings. The molecule has 13 heteroatoms. The summed E-state index contributed by atoms with van der Waals surface area (Å²) in [5.74, 6) is 0.324. The lowest BCUT2D eigenvalue weighted by molar-refractivity contribution is 0.120. The van der Waals surface area contributed by atoms with Crippen molar-refractivity contribution >= 4 is 25.6 Å². The molecule has 0 unspecified atom stereocenters. The maximum absolute atomic E-state index is 13.2. The predicted molar refractivity (Wildman–Crippen MR) is 175 cm³/mol. The molecule has 2 aromatic heterocycles. The van der Waals surface area contributed by atoms with Gasteiger partial charge in [-0.05, 0) is 48.9 Å². The summed E-state index contributed by atoms with van der Waals surface area (Å²) in [6.45, 7) is 18.3. The summed E-state index contributed by atoms with van der Waals surface area (Å²) >= 11 is 0. The molecular weight excluding hydrogens is 592 g/mol. The molecule has 0 amide bonds. The molecule has 4 heterocycles. The number of nitriles is 1. The van der Waals surface area contributed by atoms with Crippen molar-refractivity contribution in [3.63, 3.8) is 0 Å². The average molecular weight is 638 g/mol. The Balaban J connectivity index is 1.42. The van der Waals surface area contributed by atoms with Crippen molar-refractivity contribution in [2.24, 2.45) is 0 Å². The molecule has 1 saturated heterocycles. The predicted octanol–water partition coefficient (Wildman–Crippen LogP) is 5.67. The number of alkyl halides is 2. The van der Waals surface area contributed by atoms with Gasteiger partial charge in [-0.1, -0.05) is 27.7 Å². The van der Waals surface area contributed by atoms with Crippen LogP contribution in [0.1, 0.15) is 44.5 Å². The van der Waals surface area contributed by atoms with Crippen LogP contribution in [0.5, 0.6) is 0 Å². The first-order chi connectivity index (χ1) is 21.2. The summed E-state index contributed by atoms with van der Waals surface area (Å²) in [6, 6.07) is 8.11. The highest BCUT2D eigenvalue weighted by Gasteiger charge is 2.42. The number of likely N-dealkylation sites (N-methyl/N-ethyl adjacent to an activating group) is 1. The van der Waals surface area contributed by atoms with Crippen LogP contribution < -0.4 is 10.6 Å². The normalized spacial score (nSPS) is 19.4. The van der Waals surface area contributed by atoms with E-state index in [9.17, 15) is 14.0 Å². The van der Waals surface area contributed by atoms with Gasteiger partial charge in [-0.3, -0.25) is 9.58 Å². The van der Waals surface area contributed by atoms with Gasteiger partial charge in [-0.15, -0.1) is 0 Å². The molecule has 242 valence electrons. The van der Waals surface area contributed by atoms with Crippen LogP contribution in [0.4, 0.5) is 26.1 Å². The number of halogens is 2. The molecule has 1 fully saturated rings. The quantitative estimate of drug-likeness (QED) is 0.272. The van der Waals surface area contributed by atoms with Gasteiger partial charge in [-0.2, -0.15) is 10.4 Å². The van der Waals surface area contributed by atoms with Gasteiger partial charge >= 0.3 is 0 Å². The molecular formula is C32H45F2N9OSi. The number of aromatic nitrogens is 4. The Morgan fingerprint density at radius 2 is 1.93 bits per heavy atom. The molecule has 10 nitrogen and oxygen atoms in total. The molecule has 1 atom stereocenters. The van der Waals surface area contributed by atoms with Crippen LogP contribution in [0.2, 0.25) is 18.1 Å². The summed E-state index contributed by atoms with van der Waals surface area (Å²) in [5, 5.41) is 21.3. The van der Waals surface area contributed by atoms with Crippen molar-refractivity contribution in [3.8, 4) is 17.3 Å². The molecule has 0 radical (unpaired) electrons. The number of anilines is 3. The fraction of sp³-hybridized carbons (Fsp3) is 0.562. The van der Waals surface area contributed by atoms with Gasteiger partial charge in [0.2, 0.25) is 5.95 Å². The van der Waals surface area contributed by atoms with E-state index < -0.39 is 21.3 Å². The topological polar surface area (TPSA) is 107 Å². The number of hydrogen-bond donors (Lipinski definition) is 2. The van der Waals surface area contributed by atoms with Crippen LogP contribution in [-0.4, -0.2) is 90.7 Å². The first-order valence-corrected chi connectivity index (χ1v) is 18.4. The highest BCUT2D eigenvalue weighted by molar-refractivity contribution is 6.74. The van der Waals surface area contributed by atoms with Crippen molar-refractivity contribution in [3.05, 3.63) is 47.4 Å². The largest absolute Gasteiger partial charge is 0.416 e. The van der Waals surface area contributed by atoms with E-state index in [0.717, 1.165) is 43.0 Å². The van der Waals surface area contributed by atoms with E-state index in [4.69, 9.17) is 9.41 Å². The number of rotatable bonds is 10. The molecule has 5 rings (SSSR count). The molecule has 0 spiro atoms. The molecule has 2 aliphatic heterocycles. The van der Waals surface area contributed by atoms with Crippen molar-refractivity contribution in [2.45, 2.75) is 70.8 Å². The fourth-order valence-corrected chi connectivity index (χ4v) is 6.56. The molecule has 0 bridgehead atoms. The maximum atomic E-state index is 13.2. The smallest absolute Gasteiger partial charge is 0.257 e. The molecule has 45 heavy (non-hydrogen) atoms. The monoisotopic (exact) mass is 637 g/mol. The number of piperazine rings is 1. The van der Waals surface area contributed by atoms with Crippen LogP contribution in [0.3, 0.4) is 0 Å². The zero-order chi connectivity index (χ0) is 32.6. The van der Waals surface area contributed by atoms with Crippen molar-refractivity contribution < 1.29 is 13.2 Å². The number of fused-ring (bicyclic) bond motifs is 1. The summed E-state index contributed by atoms with van der Waals surface area (Å²) < 4.78 is 34.4. The summed E-state index contributed by atoms with van der Waals surface area (Å²) in [5.41, 5.74) is 4.81. The van der Waals surface area contributed by atoms with Crippen LogP contribution in [0, 0.1) is 11.3 Å². The Hall–Kier alpha value is -3.44. The average Bonchev–Trinajstić information content (AvgIpc) is 3.51. The Kier molecular flexibility index (Phi) is 9.33. The van der Waals surface area contributed by atoms with Crippen LogP contribution >= 0.6 is 0 Å². The number of nitrogens with one attached hydrogen (secondary N) is 2. The Labute approximate surface area is 265 Å². The molecule has 1 aromatic carbocycles. The van der Waals surface area contributed by atoms with Crippen molar-refractivity contribution in [1.82, 2.24) is 29.5 Å². The number of hydrogen-bond acceptors (Lipinski definition) is 9. The number of benzene rings is 1. The van der Waals surface area contributed by atoms with Gasteiger partial charge in [0.05, 0.1) is 28.3 Å². The lowest BCUT2D eigenvalue weighted by Gasteiger charge is -2.39. The van der Waals surface area contributed by atoms with E-state index in [2.05, 4.69) is 90.5 Å². The summed E-state index contributed by atoms with van der Waals surface area (Å²) in [7, 11) is 0.100. The molecule has 2 N–H and O–H groups in total. The highest BCUT2D eigenvalue weighted by atomic mass is 28.4. The minimum absolute atomic E-state index is 0.0859. The van der Waals surface area contributed by atoms with Gasteiger partial charge in [0.15, 0.2) is 8.32 Å². The van der Waals surface area contributed by atoms with E-state index in [1.54, 1.807) is 12.4 Å². The summed E-state index contributed by atoms with van der Waals surface area (Å²) in [6.07, 6.45) is 0.734. The third kappa shape index (κ3) is 7.35. The SMILES string of the molecule is CN1CCN(Cc2nn(CC(F)F)cc2Nc2nccc(-c3cc(C#N)c4c(c3)[C@@](C)(CO[Si](C)(C)C(C)(C)C)CN4)n2)CC1. The van der Waals surface area contributed by atoms with E-state index in [-0.39, 0.29) is 10.5 Å². The molecule has 0 aliphatic carbocycles. The van der Waals surface area contributed by atoms with Crippen LogP contribution in [0.25, 0.3) is 11.3 Å². The maximum Gasteiger partial charge on any atom is 0.257 e. The lowest BCUT2D eigenvalue weighted by Crippen LogP contribution is -2.45. The first kappa shape index (κ1) is 32.9. The zero-order valence-corrected chi connectivity index (χ0v) is 28.4. The third-order valence-electron chi connectivity index (χ3n) is 9.45. The Morgan fingerprint density at radius 3 is 2.60 bits per heavy atom. The molecule has 3 aromatic rings. The Morgan fingerprint density at radius 1 is 1.20 bits per heavy atom. The Bertz CT molecular complexity index is 1560.